The van der Waals surface area contributed by atoms with E-state index < -0.39 is 5.60 Å². The molecule has 2 aliphatic rings. The molecule has 3 aromatic rings. The summed E-state index contributed by atoms with van der Waals surface area (Å²) in [6, 6.07) is 13.4. The van der Waals surface area contributed by atoms with Gasteiger partial charge in [-0.1, -0.05) is 12.1 Å². The van der Waals surface area contributed by atoms with Gasteiger partial charge in [0, 0.05) is 48.8 Å². The minimum atomic E-state index is -0.491. The number of ether oxygens (including phenoxy) is 3. The number of carbonyl (C=O) groups excluding carboxylic acids is 1. The number of benzene rings is 2. The topological polar surface area (TPSA) is 76.7 Å². The Kier molecular flexibility index (Phi) is 5.27. The van der Waals surface area contributed by atoms with E-state index in [2.05, 4.69) is 10.2 Å². The molecule has 0 saturated carbocycles. The van der Waals surface area contributed by atoms with Crippen LogP contribution < -0.4 is 14.2 Å². The van der Waals surface area contributed by atoms with Crippen LogP contribution in [0.5, 0.6) is 17.2 Å². The number of nitrogens with one attached hydrogen (secondary N) is 1. The van der Waals surface area contributed by atoms with Crippen LogP contribution in [0, 0.1) is 6.92 Å². The molecule has 1 spiro atoms. The van der Waals surface area contributed by atoms with Crippen LogP contribution in [0.15, 0.2) is 42.5 Å². The second-order valence-electron chi connectivity index (χ2n) is 8.99. The molecule has 0 radical (unpaired) electrons. The molecule has 1 saturated heterocycles. The van der Waals surface area contributed by atoms with E-state index in [1.54, 1.807) is 25.3 Å². The van der Waals surface area contributed by atoms with Gasteiger partial charge in [0.05, 0.1) is 18.8 Å². The smallest absolute Gasteiger partial charge is 0.257 e. The maximum absolute atomic E-state index is 13.5. The highest BCUT2D eigenvalue weighted by molar-refractivity contribution is 5.97. The minimum absolute atomic E-state index is 0.0384. The van der Waals surface area contributed by atoms with Crippen LogP contribution in [0.3, 0.4) is 0 Å². The van der Waals surface area contributed by atoms with E-state index in [1.165, 1.54) is 0 Å². The third kappa shape index (κ3) is 3.61. The summed E-state index contributed by atoms with van der Waals surface area (Å²) in [5, 5.41) is 7.74. The van der Waals surface area contributed by atoms with E-state index in [4.69, 9.17) is 14.2 Å². The average molecular weight is 448 g/mol. The number of likely N-dealkylation sites (tertiary alicyclic amines) is 1. The second-order valence-corrected chi connectivity index (χ2v) is 8.99. The number of aromatic amines is 1. The number of carbonyl (C=O) groups is 1. The quantitative estimate of drug-likeness (QED) is 0.627. The number of hydrogen-bond donors (Lipinski definition) is 1. The fraction of sp³-hybridized carbons (Fsp3) is 0.385. The van der Waals surface area contributed by atoms with Crippen molar-refractivity contribution in [2.45, 2.75) is 45.3 Å². The fourth-order valence-corrected chi connectivity index (χ4v) is 4.95. The summed E-state index contributed by atoms with van der Waals surface area (Å²) in [7, 11) is 1.61. The first-order valence-electron chi connectivity index (χ1n) is 11.4. The molecule has 0 aliphatic carbocycles. The highest BCUT2D eigenvalue weighted by atomic mass is 16.5. The number of H-pyrrole nitrogens is 1. The molecule has 7 nitrogen and oxygen atoms in total. The Balaban J connectivity index is 1.41. The molecule has 5 rings (SSSR count). The Morgan fingerprint density at radius 2 is 1.94 bits per heavy atom. The van der Waals surface area contributed by atoms with E-state index in [0.29, 0.717) is 43.0 Å². The van der Waals surface area contributed by atoms with E-state index in [0.717, 1.165) is 28.3 Å². The van der Waals surface area contributed by atoms with Gasteiger partial charge in [-0.3, -0.25) is 9.89 Å². The molecular weight excluding hydrogens is 418 g/mol. The van der Waals surface area contributed by atoms with Crippen molar-refractivity contribution in [3.05, 3.63) is 59.3 Å². The van der Waals surface area contributed by atoms with Crippen LogP contribution in [0.4, 0.5) is 0 Å². The molecule has 33 heavy (non-hydrogen) atoms. The normalized spacial score (nSPS) is 16.2. The van der Waals surface area contributed by atoms with E-state index in [-0.39, 0.29) is 12.0 Å². The number of methoxy groups -OCH3 is 1. The Morgan fingerprint density at radius 3 is 2.67 bits per heavy atom. The van der Waals surface area contributed by atoms with E-state index in [9.17, 15) is 4.79 Å². The first-order chi connectivity index (χ1) is 15.9. The van der Waals surface area contributed by atoms with E-state index >= 15 is 0 Å². The fourth-order valence-electron chi connectivity index (χ4n) is 4.95. The third-order valence-electron chi connectivity index (χ3n) is 6.49. The van der Waals surface area contributed by atoms with Crippen molar-refractivity contribution in [1.82, 2.24) is 15.1 Å². The van der Waals surface area contributed by atoms with Gasteiger partial charge in [0.15, 0.2) is 0 Å². The molecule has 0 unspecified atom stereocenters. The molecule has 0 bridgehead atoms. The molecule has 7 heteroatoms. The first kappa shape index (κ1) is 21.4. The summed E-state index contributed by atoms with van der Waals surface area (Å²) in [6.45, 7) is 7.09. The number of nitrogens with zero attached hydrogens (tertiary/aromatic N) is 2. The summed E-state index contributed by atoms with van der Waals surface area (Å²) < 4.78 is 17.9. The number of aromatic nitrogens is 2. The zero-order valence-electron chi connectivity index (χ0n) is 19.5. The molecule has 2 aliphatic heterocycles. The summed E-state index contributed by atoms with van der Waals surface area (Å²) in [5.74, 6) is 2.02. The monoisotopic (exact) mass is 447 g/mol. The molecule has 1 N–H and O–H groups in total. The minimum Gasteiger partial charge on any atom is -0.497 e. The van der Waals surface area contributed by atoms with Crippen LogP contribution >= 0.6 is 0 Å². The molecule has 1 fully saturated rings. The van der Waals surface area contributed by atoms with Gasteiger partial charge in [0.1, 0.15) is 28.5 Å². The van der Waals surface area contributed by atoms with Crippen molar-refractivity contribution < 1.29 is 19.0 Å². The van der Waals surface area contributed by atoms with Gasteiger partial charge < -0.3 is 19.1 Å². The van der Waals surface area contributed by atoms with Gasteiger partial charge in [-0.25, -0.2) is 0 Å². The molecular formula is C26H29N3O4. The van der Waals surface area contributed by atoms with Crippen LogP contribution in [0.1, 0.15) is 48.3 Å². The third-order valence-corrected chi connectivity index (χ3v) is 6.49. The highest BCUT2D eigenvalue weighted by Crippen LogP contribution is 2.50. The van der Waals surface area contributed by atoms with Crippen LogP contribution in [0.2, 0.25) is 0 Å². The average Bonchev–Trinajstić information content (AvgIpc) is 3.22. The number of rotatable bonds is 4. The van der Waals surface area contributed by atoms with Crippen LogP contribution in [-0.4, -0.2) is 47.3 Å². The number of para-hydroxylation sites is 1. The number of amides is 1. The summed E-state index contributed by atoms with van der Waals surface area (Å²) in [4.78, 5) is 15.4. The number of aryl methyl sites for hydroxylation is 1. The Labute approximate surface area is 193 Å². The summed E-state index contributed by atoms with van der Waals surface area (Å²) in [5.41, 5.74) is 4.15. The maximum Gasteiger partial charge on any atom is 0.257 e. The molecule has 3 heterocycles. The zero-order chi connectivity index (χ0) is 23.2. The van der Waals surface area contributed by atoms with E-state index in [1.807, 2.05) is 49.9 Å². The Morgan fingerprint density at radius 1 is 1.18 bits per heavy atom. The summed E-state index contributed by atoms with van der Waals surface area (Å²) >= 11 is 0. The van der Waals surface area contributed by atoms with Crippen molar-refractivity contribution in [2.24, 2.45) is 0 Å². The van der Waals surface area contributed by atoms with Gasteiger partial charge in [-0.05, 0) is 45.0 Å². The van der Waals surface area contributed by atoms with Crippen LogP contribution in [0.25, 0.3) is 11.3 Å². The highest BCUT2D eigenvalue weighted by Gasteiger charge is 2.46. The van der Waals surface area contributed by atoms with Crippen molar-refractivity contribution in [3.8, 4) is 28.5 Å². The maximum atomic E-state index is 13.5. The molecule has 2 aromatic carbocycles. The predicted octanol–water partition coefficient (Wildman–Crippen LogP) is 4.70. The first-order valence-corrected chi connectivity index (χ1v) is 11.4. The predicted molar refractivity (Wildman–Crippen MR) is 125 cm³/mol. The van der Waals surface area contributed by atoms with Crippen molar-refractivity contribution in [3.63, 3.8) is 0 Å². The molecule has 1 aromatic heterocycles. The lowest BCUT2D eigenvalue weighted by Crippen LogP contribution is -2.49. The van der Waals surface area contributed by atoms with Gasteiger partial charge >= 0.3 is 0 Å². The van der Waals surface area contributed by atoms with Crippen molar-refractivity contribution >= 4 is 5.91 Å². The molecule has 0 atom stereocenters. The lowest BCUT2D eigenvalue weighted by Gasteiger charge is -2.44. The zero-order valence-corrected chi connectivity index (χ0v) is 19.5. The SMILES string of the molecule is COc1ccc(C(=O)N2CCC3(CC2)Oc2ccccc2-c2n[nH]c(C)c23)c(OC(C)C)c1. The summed E-state index contributed by atoms with van der Waals surface area (Å²) in [6.07, 6.45) is 1.33. The lowest BCUT2D eigenvalue weighted by molar-refractivity contribution is -0.00212. The van der Waals surface area contributed by atoms with Crippen molar-refractivity contribution in [2.75, 3.05) is 20.2 Å². The Hall–Kier alpha value is -3.48. The Bertz CT molecular complexity index is 1190. The van der Waals surface area contributed by atoms with Gasteiger partial charge in [-0.2, -0.15) is 5.10 Å². The molecule has 1 amide bonds. The lowest BCUT2D eigenvalue weighted by atomic mass is 9.79. The van der Waals surface area contributed by atoms with Crippen molar-refractivity contribution in [1.29, 1.82) is 0 Å². The number of piperidine rings is 1. The number of hydrogen-bond acceptors (Lipinski definition) is 5. The van der Waals surface area contributed by atoms with Gasteiger partial charge in [0.25, 0.3) is 5.91 Å². The molecule has 172 valence electrons. The van der Waals surface area contributed by atoms with Gasteiger partial charge in [-0.15, -0.1) is 0 Å². The second kappa shape index (κ2) is 8.14. The number of fused-ring (bicyclic) bond motifs is 4. The van der Waals surface area contributed by atoms with Gasteiger partial charge in [0.2, 0.25) is 0 Å². The standard InChI is InChI=1S/C26H29N3O4/c1-16(2)32-22-15-18(31-4)9-10-20(22)25(30)29-13-11-26(12-14-29)23-17(3)27-28-24(23)19-7-5-6-8-21(19)33-26/h5-10,15-16H,11-14H2,1-4H3,(H,27,28). The van der Waals surface area contributed by atoms with Crippen LogP contribution in [-0.2, 0) is 5.60 Å². The largest absolute Gasteiger partial charge is 0.497 e.